The van der Waals surface area contributed by atoms with Gasteiger partial charge in [0.1, 0.15) is 15.9 Å². The van der Waals surface area contributed by atoms with Crippen LogP contribution in [0, 0.1) is 17.8 Å². The lowest BCUT2D eigenvalue weighted by molar-refractivity contribution is -0.138. The van der Waals surface area contributed by atoms with Crippen LogP contribution in [0.3, 0.4) is 0 Å². The Morgan fingerprint density at radius 3 is 2.00 bits per heavy atom. The normalized spacial score (nSPS) is 36.5. The van der Waals surface area contributed by atoms with E-state index in [0.29, 0.717) is 17.8 Å². The third-order valence-corrected chi connectivity index (χ3v) is 6.43. The number of aliphatic carboxylic acids is 1. The Kier molecular flexibility index (Phi) is 4.06. The van der Waals surface area contributed by atoms with Gasteiger partial charge in [0.15, 0.2) is 0 Å². The highest BCUT2D eigenvalue weighted by molar-refractivity contribution is 7.90. The summed E-state index contributed by atoms with van der Waals surface area (Å²) in [4.78, 5) is 23.4. The standard InChI is InChI=1S/C15H24N2O5S/c1-23(21,22)8-12(13(18)19)16-14(20)17-15-5-9-2-10(6-15)4-11(3-9)7-15/h9-12H,2-8H2,1H3,(H,18,19)(H2,16,17,20). The van der Waals surface area contributed by atoms with Crippen LogP contribution in [-0.2, 0) is 14.6 Å². The summed E-state index contributed by atoms with van der Waals surface area (Å²) in [5, 5.41) is 14.4. The van der Waals surface area contributed by atoms with E-state index in [1.807, 2.05) is 0 Å². The molecule has 1 unspecified atom stereocenters. The Bertz CT molecular complexity index is 580. The van der Waals surface area contributed by atoms with E-state index in [1.54, 1.807) is 0 Å². The fourth-order valence-electron chi connectivity index (χ4n) is 5.18. The molecule has 0 heterocycles. The first-order chi connectivity index (χ1) is 10.6. The maximum atomic E-state index is 12.2. The minimum Gasteiger partial charge on any atom is -0.480 e. The number of hydrogen-bond acceptors (Lipinski definition) is 4. The summed E-state index contributed by atoms with van der Waals surface area (Å²) >= 11 is 0. The second-order valence-electron chi connectivity index (χ2n) is 7.78. The molecule has 4 aliphatic carbocycles. The van der Waals surface area contributed by atoms with E-state index in [2.05, 4.69) is 10.6 Å². The lowest BCUT2D eigenvalue weighted by atomic mass is 9.53. The number of nitrogens with one attached hydrogen (secondary N) is 2. The molecule has 3 N–H and O–H groups in total. The Balaban J connectivity index is 1.63. The Morgan fingerprint density at radius 1 is 1.13 bits per heavy atom. The Hall–Kier alpha value is -1.31. The van der Waals surface area contributed by atoms with Crippen molar-refractivity contribution in [1.82, 2.24) is 10.6 Å². The molecule has 4 fully saturated rings. The van der Waals surface area contributed by atoms with E-state index in [-0.39, 0.29) is 5.54 Å². The number of carbonyl (C=O) groups is 2. The molecule has 4 saturated carbocycles. The summed E-state index contributed by atoms with van der Waals surface area (Å²) in [5.74, 6) is 0.0426. The zero-order valence-corrected chi connectivity index (χ0v) is 14.1. The van der Waals surface area contributed by atoms with Crippen molar-refractivity contribution in [2.24, 2.45) is 17.8 Å². The molecule has 1 atom stereocenters. The van der Waals surface area contributed by atoms with Gasteiger partial charge in [-0.25, -0.2) is 18.0 Å². The second-order valence-corrected chi connectivity index (χ2v) is 9.96. The summed E-state index contributed by atoms with van der Waals surface area (Å²) in [6.07, 6.45) is 7.56. The highest BCUT2D eigenvalue weighted by atomic mass is 32.2. The van der Waals surface area contributed by atoms with Gasteiger partial charge in [0.05, 0.1) is 5.75 Å². The van der Waals surface area contributed by atoms with Crippen LogP contribution in [0.1, 0.15) is 38.5 Å². The number of urea groups is 1. The molecule has 4 aliphatic rings. The van der Waals surface area contributed by atoms with E-state index < -0.39 is 33.6 Å². The number of amides is 2. The zero-order chi connectivity index (χ0) is 16.8. The molecule has 0 aliphatic heterocycles. The highest BCUT2D eigenvalue weighted by Crippen LogP contribution is 2.55. The molecule has 23 heavy (non-hydrogen) atoms. The summed E-state index contributed by atoms with van der Waals surface area (Å²) in [7, 11) is -3.49. The number of rotatable bonds is 5. The van der Waals surface area contributed by atoms with E-state index in [1.165, 1.54) is 19.3 Å². The van der Waals surface area contributed by atoms with Gasteiger partial charge in [0.2, 0.25) is 0 Å². The lowest BCUT2D eigenvalue weighted by Crippen LogP contribution is -2.63. The van der Waals surface area contributed by atoms with Crippen LogP contribution >= 0.6 is 0 Å². The highest BCUT2D eigenvalue weighted by Gasteiger charge is 2.51. The van der Waals surface area contributed by atoms with Crippen molar-refractivity contribution < 1.29 is 23.1 Å². The van der Waals surface area contributed by atoms with Gasteiger partial charge in [-0.05, 0) is 56.3 Å². The molecule has 0 radical (unpaired) electrons. The Morgan fingerprint density at radius 2 is 1.61 bits per heavy atom. The summed E-state index contributed by atoms with van der Waals surface area (Å²) in [5.41, 5.74) is -0.229. The molecule has 2 amide bonds. The van der Waals surface area contributed by atoms with Crippen molar-refractivity contribution in [3.63, 3.8) is 0 Å². The van der Waals surface area contributed by atoms with Crippen molar-refractivity contribution in [3.8, 4) is 0 Å². The first-order valence-electron chi connectivity index (χ1n) is 8.13. The van der Waals surface area contributed by atoms with Gasteiger partial charge in [-0.2, -0.15) is 0 Å². The van der Waals surface area contributed by atoms with Crippen LogP contribution in [-0.4, -0.2) is 49.1 Å². The third-order valence-electron chi connectivity index (χ3n) is 5.49. The van der Waals surface area contributed by atoms with Crippen LogP contribution in [0.4, 0.5) is 4.79 Å². The molecule has 130 valence electrons. The smallest absolute Gasteiger partial charge is 0.327 e. The van der Waals surface area contributed by atoms with Crippen LogP contribution in [0.15, 0.2) is 0 Å². The van der Waals surface area contributed by atoms with Crippen molar-refractivity contribution in [2.45, 2.75) is 50.1 Å². The Labute approximate surface area is 136 Å². The molecule has 0 aromatic carbocycles. The molecule has 7 nitrogen and oxygen atoms in total. The van der Waals surface area contributed by atoms with Gasteiger partial charge in [-0.15, -0.1) is 0 Å². The molecule has 0 aromatic heterocycles. The lowest BCUT2D eigenvalue weighted by Gasteiger charge is -2.56. The van der Waals surface area contributed by atoms with Gasteiger partial charge in [0, 0.05) is 11.8 Å². The van der Waals surface area contributed by atoms with E-state index >= 15 is 0 Å². The van der Waals surface area contributed by atoms with Crippen LogP contribution in [0.2, 0.25) is 0 Å². The molecule has 0 saturated heterocycles. The molecule has 0 aromatic rings. The number of carboxylic acids is 1. The SMILES string of the molecule is CS(=O)(=O)CC(NC(=O)NC12CC3CC(CC(C3)C1)C2)C(=O)O. The molecule has 4 bridgehead atoms. The first-order valence-corrected chi connectivity index (χ1v) is 10.2. The predicted molar refractivity (Wildman–Crippen MR) is 83.7 cm³/mol. The fourth-order valence-corrected chi connectivity index (χ4v) is 6.01. The van der Waals surface area contributed by atoms with Gasteiger partial charge in [0.25, 0.3) is 0 Å². The predicted octanol–water partition coefficient (Wildman–Crippen LogP) is 0.752. The zero-order valence-electron chi connectivity index (χ0n) is 13.2. The van der Waals surface area contributed by atoms with E-state index in [4.69, 9.17) is 5.11 Å². The summed E-state index contributed by atoms with van der Waals surface area (Å²) < 4.78 is 22.6. The molecule has 4 rings (SSSR count). The summed E-state index contributed by atoms with van der Waals surface area (Å²) in [6, 6.07) is -1.98. The van der Waals surface area contributed by atoms with Crippen molar-refractivity contribution >= 4 is 21.8 Å². The summed E-state index contributed by atoms with van der Waals surface area (Å²) in [6.45, 7) is 0. The first kappa shape index (κ1) is 16.5. The molecule has 8 heteroatoms. The maximum absolute atomic E-state index is 12.2. The van der Waals surface area contributed by atoms with Crippen molar-refractivity contribution in [3.05, 3.63) is 0 Å². The average Bonchev–Trinajstić information content (AvgIpc) is 2.33. The van der Waals surface area contributed by atoms with Crippen LogP contribution < -0.4 is 10.6 Å². The number of sulfone groups is 1. The minimum atomic E-state index is -3.49. The van der Waals surface area contributed by atoms with Gasteiger partial charge in [-0.3, -0.25) is 0 Å². The van der Waals surface area contributed by atoms with Gasteiger partial charge < -0.3 is 15.7 Å². The third kappa shape index (κ3) is 3.79. The van der Waals surface area contributed by atoms with Crippen LogP contribution in [0.5, 0.6) is 0 Å². The van der Waals surface area contributed by atoms with Crippen molar-refractivity contribution in [2.75, 3.05) is 12.0 Å². The van der Waals surface area contributed by atoms with Crippen LogP contribution in [0.25, 0.3) is 0 Å². The molecular weight excluding hydrogens is 320 g/mol. The number of carbonyl (C=O) groups excluding carboxylic acids is 1. The average molecular weight is 344 g/mol. The largest absolute Gasteiger partial charge is 0.480 e. The topological polar surface area (TPSA) is 113 Å². The van der Waals surface area contributed by atoms with Crippen molar-refractivity contribution in [1.29, 1.82) is 0 Å². The molecular formula is C15H24N2O5S. The number of hydrogen-bond donors (Lipinski definition) is 3. The van der Waals surface area contributed by atoms with E-state index in [9.17, 15) is 18.0 Å². The minimum absolute atomic E-state index is 0.229. The van der Waals surface area contributed by atoms with Gasteiger partial charge in [-0.1, -0.05) is 0 Å². The van der Waals surface area contributed by atoms with Gasteiger partial charge >= 0.3 is 12.0 Å². The monoisotopic (exact) mass is 344 g/mol. The number of carboxylic acid groups (broad SMARTS) is 1. The molecule has 0 spiro atoms. The quantitative estimate of drug-likeness (QED) is 0.681. The second kappa shape index (κ2) is 5.65. The van der Waals surface area contributed by atoms with E-state index in [0.717, 1.165) is 25.5 Å². The maximum Gasteiger partial charge on any atom is 0.327 e. The fraction of sp³-hybridized carbons (Fsp3) is 0.867.